The number of nitrogens with zero attached hydrogens (tertiary/aromatic N) is 1. The molecule has 0 saturated carbocycles. The van der Waals surface area contributed by atoms with Crippen LogP contribution in [-0.4, -0.2) is 89.0 Å². The van der Waals surface area contributed by atoms with E-state index in [1.807, 2.05) is 13.1 Å². The van der Waals surface area contributed by atoms with Gasteiger partial charge in [-0.15, -0.1) is 0 Å². The summed E-state index contributed by atoms with van der Waals surface area (Å²) in [6, 6.07) is 3.33. The van der Waals surface area contributed by atoms with Crippen LogP contribution in [0.1, 0.15) is 141 Å². The van der Waals surface area contributed by atoms with Gasteiger partial charge in [-0.25, -0.2) is 9.59 Å². The molecule has 2 bridgehead atoms. The summed E-state index contributed by atoms with van der Waals surface area (Å²) in [5, 5.41) is 23.2. The van der Waals surface area contributed by atoms with Gasteiger partial charge >= 0.3 is 24.1 Å². The van der Waals surface area contributed by atoms with E-state index in [-0.39, 0.29) is 30.4 Å². The second-order valence-corrected chi connectivity index (χ2v) is 16.1. The first-order chi connectivity index (χ1) is 27.6. The van der Waals surface area contributed by atoms with Crippen molar-refractivity contribution in [2.45, 2.75) is 178 Å². The van der Waals surface area contributed by atoms with Crippen molar-refractivity contribution in [1.82, 2.24) is 4.90 Å². The number of likely N-dealkylation sites (tertiary alicyclic amines) is 1. The van der Waals surface area contributed by atoms with Gasteiger partial charge in [0.1, 0.15) is 5.76 Å². The number of likely N-dealkylation sites (N-methyl/N-ethyl adjacent to an activating group) is 1. The molecule has 4 aliphatic rings. The molecule has 1 aromatic rings. The summed E-state index contributed by atoms with van der Waals surface area (Å²) in [5.41, 5.74) is -0.313. The zero-order valence-electron chi connectivity index (χ0n) is 34.5. The molecule has 1 spiro atoms. The number of halogens is 3. The Kier molecular flexibility index (Phi) is 17.2. The zero-order chi connectivity index (χ0) is 42.5. The Hall–Kier alpha value is -3.91. The van der Waals surface area contributed by atoms with Crippen LogP contribution in [0, 0.1) is 0 Å². The first-order valence-corrected chi connectivity index (χ1v) is 21.0. The molecule has 0 aromatic heterocycles. The van der Waals surface area contributed by atoms with Crippen LogP contribution in [0.15, 0.2) is 36.1 Å². The number of allylic oxidation sites excluding steroid dienone is 2. The molecular weight excluding hydrogens is 759 g/mol. The fourth-order valence-corrected chi connectivity index (χ4v) is 8.85. The number of carbonyl (C=O) groups excluding carboxylic acids is 4. The normalized spacial score (nSPS) is 24.2. The van der Waals surface area contributed by atoms with Crippen LogP contribution in [0.5, 0.6) is 11.5 Å². The molecule has 2 aliphatic heterocycles. The third kappa shape index (κ3) is 11.4. The zero-order valence-corrected chi connectivity index (χ0v) is 34.5. The number of esters is 3. The minimum absolute atomic E-state index is 0.0188. The third-order valence-corrected chi connectivity index (χ3v) is 11.8. The second kappa shape index (κ2) is 21.4. The van der Waals surface area contributed by atoms with Gasteiger partial charge in [0.25, 0.3) is 0 Å². The molecule has 2 N–H and O–H groups in total. The van der Waals surface area contributed by atoms with Gasteiger partial charge in [-0.1, -0.05) is 76.5 Å². The average molecular weight is 822 g/mol. The lowest BCUT2D eigenvalue weighted by molar-refractivity contribution is -0.177. The Labute approximate surface area is 340 Å². The van der Waals surface area contributed by atoms with Crippen molar-refractivity contribution in [3.05, 3.63) is 47.2 Å². The minimum atomic E-state index is -4.64. The van der Waals surface area contributed by atoms with Crippen LogP contribution in [0.4, 0.5) is 13.2 Å². The number of alkyl halides is 3. The number of aldehydes is 1. The van der Waals surface area contributed by atoms with Crippen molar-refractivity contribution in [2.75, 3.05) is 13.6 Å². The topological polar surface area (TPSA) is 149 Å². The Morgan fingerprint density at radius 3 is 2.19 bits per heavy atom. The number of hydrogen-bond acceptors (Lipinski definition) is 11. The highest BCUT2D eigenvalue weighted by atomic mass is 19.4. The Morgan fingerprint density at radius 1 is 0.948 bits per heavy atom. The molecular formula is C44H62F3NO10. The van der Waals surface area contributed by atoms with Gasteiger partial charge in [-0.2, -0.15) is 13.2 Å². The van der Waals surface area contributed by atoms with E-state index in [4.69, 9.17) is 23.7 Å². The fourth-order valence-electron chi connectivity index (χ4n) is 8.85. The van der Waals surface area contributed by atoms with Crippen LogP contribution in [0.3, 0.4) is 0 Å². The van der Waals surface area contributed by atoms with Gasteiger partial charge in [0.2, 0.25) is 6.29 Å². The molecule has 324 valence electrons. The predicted octanol–water partition coefficient (Wildman–Crippen LogP) is 8.25. The summed E-state index contributed by atoms with van der Waals surface area (Å²) >= 11 is 0. The lowest BCUT2D eigenvalue weighted by Crippen LogP contribution is -2.69. The molecule has 58 heavy (non-hydrogen) atoms. The highest BCUT2D eigenvalue weighted by Crippen LogP contribution is 2.65. The number of rotatable bonds is 20. The number of phenolic OH excluding ortho intramolecular Hbond substituents is 1. The van der Waals surface area contributed by atoms with E-state index in [0.29, 0.717) is 25.0 Å². The fraction of sp³-hybridized carbons (Fsp3) is 0.682. The van der Waals surface area contributed by atoms with Crippen molar-refractivity contribution in [3.8, 4) is 11.5 Å². The highest BCUT2D eigenvalue weighted by molar-refractivity contribution is 5.83. The van der Waals surface area contributed by atoms with Gasteiger partial charge in [0, 0.05) is 24.4 Å². The first-order valence-electron chi connectivity index (χ1n) is 21.0. The van der Waals surface area contributed by atoms with E-state index in [9.17, 15) is 37.8 Å². The van der Waals surface area contributed by atoms with Crippen molar-refractivity contribution in [1.29, 1.82) is 0 Å². The number of benzene rings is 1. The SMILES string of the molecule is CCCCCCCC/C=C/CCCCCCCC(=O)O[C@@H](C)C(=O)O[C@@H](C)C(=O)OC1=CC[C@@]2(O)[C@H]3Cc4ccc(O)c5c4[C@@]2(CCCN3C)[C@H]1O5.O=CC(F)(F)F. The van der Waals surface area contributed by atoms with Gasteiger partial charge in [-0.3, -0.25) is 9.59 Å². The standard InChI is InChI=1S/C42H61NO9.C2HF3O/c1-5-6-7-8-9-10-11-12-13-14-15-16-17-18-19-21-35(45)49-29(2)39(46)50-30(3)40(47)51-33-24-26-42(48)34-28-31-22-23-32(44)37-36(31)41(42,38(33)52-37)25-20-27-43(34)4;3-2(4,5)1-6/h12-13,22-24,29-30,34,38,44,48H,5-11,14-21,25-28H2,1-4H3;1H/b13-12+;/t29-,30-,34+,38-,41-,42+;/m0./s1. The maximum Gasteiger partial charge on any atom is 0.446 e. The van der Waals surface area contributed by atoms with Crippen LogP contribution in [0.2, 0.25) is 0 Å². The molecule has 1 fully saturated rings. The average Bonchev–Trinajstić information content (AvgIpc) is 3.52. The van der Waals surface area contributed by atoms with Gasteiger partial charge < -0.3 is 34.1 Å². The summed E-state index contributed by atoms with van der Waals surface area (Å²) in [6.45, 7) is 5.87. The maximum atomic E-state index is 13.3. The van der Waals surface area contributed by atoms with E-state index < -0.39 is 59.7 Å². The molecule has 0 radical (unpaired) electrons. The summed E-state index contributed by atoms with van der Waals surface area (Å²) in [4.78, 5) is 49.4. The van der Waals surface area contributed by atoms with Crippen LogP contribution < -0.4 is 4.74 Å². The molecule has 6 atom stereocenters. The van der Waals surface area contributed by atoms with E-state index in [1.165, 1.54) is 58.8 Å². The first kappa shape index (κ1) is 46.8. The Morgan fingerprint density at radius 2 is 1.55 bits per heavy atom. The molecule has 2 aliphatic carbocycles. The van der Waals surface area contributed by atoms with E-state index in [2.05, 4.69) is 24.0 Å². The van der Waals surface area contributed by atoms with Gasteiger partial charge in [0.15, 0.2) is 29.8 Å². The number of carbonyl (C=O) groups is 4. The van der Waals surface area contributed by atoms with E-state index in [1.54, 1.807) is 12.1 Å². The monoisotopic (exact) mass is 821 g/mol. The quantitative estimate of drug-likeness (QED) is 0.0431. The highest BCUT2D eigenvalue weighted by Gasteiger charge is 2.71. The lowest BCUT2D eigenvalue weighted by Gasteiger charge is -2.56. The number of hydrogen-bond donors (Lipinski definition) is 2. The summed E-state index contributed by atoms with van der Waals surface area (Å²) in [5.74, 6) is -1.59. The molecule has 0 unspecified atom stereocenters. The molecule has 5 rings (SSSR count). The molecule has 1 aromatic carbocycles. The number of aromatic hydroxyl groups is 1. The molecule has 1 saturated heterocycles. The van der Waals surface area contributed by atoms with Gasteiger partial charge in [-0.05, 0) is 96.5 Å². The maximum absolute atomic E-state index is 13.3. The number of aliphatic hydroxyl groups is 1. The smallest absolute Gasteiger partial charge is 0.446 e. The van der Waals surface area contributed by atoms with Crippen molar-refractivity contribution >= 4 is 24.2 Å². The Balaban J connectivity index is 0.00000115. The van der Waals surface area contributed by atoms with Crippen molar-refractivity contribution in [3.63, 3.8) is 0 Å². The number of ether oxygens (including phenoxy) is 4. The predicted molar refractivity (Wildman–Crippen MR) is 210 cm³/mol. The number of unbranched alkanes of at least 4 members (excludes halogenated alkanes) is 11. The molecule has 0 amide bonds. The lowest BCUT2D eigenvalue weighted by atomic mass is 9.52. The third-order valence-electron chi connectivity index (χ3n) is 11.8. The van der Waals surface area contributed by atoms with E-state index in [0.717, 1.165) is 56.2 Å². The summed E-state index contributed by atoms with van der Waals surface area (Å²) < 4.78 is 54.1. The van der Waals surface area contributed by atoms with Crippen molar-refractivity contribution in [2.24, 2.45) is 0 Å². The number of phenols is 1. The largest absolute Gasteiger partial charge is 0.504 e. The second-order valence-electron chi connectivity index (χ2n) is 16.1. The summed E-state index contributed by atoms with van der Waals surface area (Å²) in [6.07, 6.45) is 14.8. The van der Waals surface area contributed by atoms with Crippen molar-refractivity contribution < 1.29 is 61.5 Å². The van der Waals surface area contributed by atoms with E-state index >= 15 is 0 Å². The Bertz CT molecular complexity index is 1630. The van der Waals surface area contributed by atoms with Gasteiger partial charge in [0.05, 0.1) is 11.0 Å². The summed E-state index contributed by atoms with van der Waals surface area (Å²) in [7, 11) is 2.02. The van der Waals surface area contributed by atoms with Crippen LogP contribution >= 0.6 is 0 Å². The molecule has 14 heteroatoms. The van der Waals surface area contributed by atoms with Crippen LogP contribution in [0.25, 0.3) is 0 Å². The molecule has 11 nitrogen and oxygen atoms in total. The molecule has 2 heterocycles. The van der Waals surface area contributed by atoms with Crippen LogP contribution in [-0.2, 0) is 45.2 Å². The minimum Gasteiger partial charge on any atom is -0.504 e.